The van der Waals surface area contributed by atoms with E-state index < -0.39 is 72.3 Å². The number of allylic oxidation sites excluding steroid dienone is 7. The summed E-state index contributed by atoms with van der Waals surface area (Å²) in [5, 5.41) is 20.0. The Morgan fingerprint density at radius 1 is 0.712 bits per heavy atom. The normalized spacial score (nSPS) is 18.5. The lowest BCUT2D eigenvalue weighted by Crippen LogP contribution is -2.30. The van der Waals surface area contributed by atoms with Gasteiger partial charge >= 0.3 is 27.6 Å². The standard InChI is InChI=1S/C42H72O15P2/c1-3-5-7-8-9-10-11-12-13-14-15-16-22-26-42(47)57-38(34-56-59(51,52)55-32-37(44)31-54-58(48,49)50)33-53-41(46)25-21-18-17-20-23-35-27-30-40(45)39(35)29-28-36(43)24-19-6-4-2/h10-11,17,20,27-30,35-39,43-44H,3-9,12-16,18-19,21-26,31-34H2,1-2H3,(H,51,52)(H2,48,49,50)/b11-10-,20-17-,29-28+/t35-,36-,37-,38+,39+/m0/s1. The van der Waals surface area contributed by atoms with Gasteiger partial charge < -0.3 is 34.4 Å². The van der Waals surface area contributed by atoms with Gasteiger partial charge in [0.25, 0.3) is 0 Å². The third-order valence-electron chi connectivity index (χ3n) is 9.43. The summed E-state index contributed by atoms with van der Waals surface area (Å²) in [6.07, 6.45) is 28.8. The van der Waals surface area contributed by atoms with Gasteiger partial charge in [0.2, 0.25) is 0 Å². The summed E-state index contributed by atoms with van der Waals surface area (Å²) in [5.74, 6) is -1.52. The topological polar surface area (TPSA) is 233 Å². The lowest BCUT2D eigenvalue weighted by Gasteiger charge is -2.20. The molecule has 59 heavy (non-hydrogen) atoms. The van der Waals surface area contributed by atoms with E-state index in [4.69, 9.17) is 23.8 Å². The average Bonchev–Trinajstić information content (AvgIpc) is 3.54. The zero-order chi connectivity index (χ0) is 43.8. The molecule has 0 radical (unpaired) electrons. The first-order valence-corrected chi connectivity index (χ1v) is 24.4. The van der Waals surface area contributed by atoms with Crippen LogP contribution in [0.5, 0.6) is 0 Å². The minimum absolute atomic E-state index is 0.00875. The smallest absolute Gasteiger partial charge is 0.462 e. The van der Waals surface area contributed by atoms with Crippen molar-refractivity contribution in [2.24, 2.45) is 11.8 Å². The van der Waals surface area contributed by atoms with Crippen molar-refractivity contribution >= 4 is 33.4 Å². The number of ketones is 1. The summed E-state index contributed by atoms with van der Waals surface area (Å²) >= 11 is 0. The quantitative estimate of drug-likeness (QED) is 0.0171. The van der Waals surface area contributed by atoms with Crippen molar-refractivity contribution in [2.75, 3.05) is 26.4 Å². The molecule has 1 unspecified atom stereocenters. The molecule has 1 rings (SSSR count). The van der Waals surface area contributed by atoms with Crippen LogP contribution in [0.4, 0.5) is 0 Å². The fourth-order valence-electron chi connectivity index (χ4n) is 6.04. The highest BCUT2D eigenvalue weighted by molar-refractivity contribution is 7.47. The second kappa shape index (κ2) is 33.4. The number of unbranched alkanes of at least 4 members (excludes halogenated alkanes) is 12. The molecular formula is C42H72O15P2. The molecule has 15 nitrogen and oxygen atoms in total. The molecule has 6 atom stereocenters. The van der Waals surface area contributed by atoms with Crippen molar-refractivity contribution in [1.82, 2.24) is 0 Å². The van der Waals surface area contributed by atoms with Gasteiger partial charge in [-0.3, -0.25) is 28.0 Å². The van der Waals surface area contributed by atoms with Gasteiger partial charge in [-0.25, -0.2) is 9.13 Å². The summed E-state index contributed by atoms with van der Waals surface area (Å²) < 4.78 is 47.7. The molecule has 0 aromatic heterocycles. The molecule has 0 heterocycles. The molecule has 0 spiro atoms. The Morgan fingerprint density at radius 3 is 1.98 bits per heavy atom. The van der Waals surface area contributed by atoms with Crippen molar-refractivity contribution in [3.05, 3.63) is 48.6 Å². The van der Waals surface area contributed by atoms with E-state index in [1.165, 1.54) is 25.7 Å². The summed E-state index contributed by atoms with van der Waals surface area (Å²) in [6, 6.07) is 0. The second-order valence-corrected chi connectivity index (χ2v) is 17.6. The van der Waals surface area contributed by atoms with Gasteiger partial charge in [0.05, 0.1) is 25.9 Å². The minimum atomic E-state index is -4.89. The maximum atomic E-state index is 12.7. The molecule has 0 aliphatic heterocycles. The number of aliphatic hydroxyl groups excluding tert-OH is 2. The number of hydrogen-bond acceptors (Lipinski definition) is 12. The van der Waals surface area contributed by atoms with Crippen molar-refractivity contribution in [1.29, 1.82) is 0 Å². The number of carbonyl (C=O) groups is 3. The molecule has 17 heteroatoms. The predicted octanol–water partition coefficient (Wildman–Crippen LogP) is 8.29. The zero-order valence-electron chi connectivity index (χ0n) is 35.2. The Balaban J connectivity index is 2.55. The number of carbonyl (C=O) groups excluding carboxylic acids is 3. The number of phosphoric acid groups is 2. The molecule has 5 N–H and O–H groups in total. The Hall–Kier alpha value is -2.29. The molecular weight excluding hydrogens is 806 g/mol. The highest BCUT2D eigenvalue weighted by Gasteiger charge is 2.29. The Labute approximate surface area is 351 Å². The minimum Gasteiger partial charge on any atom is -0.462 e. The van der Waals surface area contributed by atoms with Crippen LogP contribution in [0.2, 0.25) is 0 Å². The Bertz CT molecular complexity index is 1380. The Morgan fingerprint density at radius 2 is 1.29 bits per heavy atom. The molecule has 1 aliphatic carbocycles. The molecule has 0 saturated carbocycles. The van der Waals surface area contributed by atoms with Gasteiger partial charge in [-0.15, -0.1) is 0 Å². The number of ether oxygens (including phenoxy) is 2. The van der Waals surface area contributed by atoms with Crippen LogP contribution in [0.15, 0.2) is 48.6 Å². The van der Waals surface area contributed by atoms with Crippen LogP contribution in [0.25, 0.3) is 0 Å². The fraction of sp³-hybridized carbons (Fsp3) is 0.738. The number of phosphoric ester groups is 2. The number of aliphatic hydroxyl groups is 2. The summed E-state index contributed by atoms with van der Waals surface area (Å²) in [4.78, 5) is 65.2. The lowest BCUT2D eigenvalue weighted by atomic mass is 9.90. The molecule has 340 valence electrons. The fourth-order valence-corrected chi connectivity index (χ4v) is 7.19. The summed E-state index contributed by atoms with van der Waals surface area (Å²) in [7, 11) is -9.74. The molecule has 0 fully saturated rings. The van der Waals surface area contributed by atoms with E-state index >= 15 is 0 Å². The van der Waals surface area contributed by atoms with E-state index in [-0.39, 0.29) is 30.5 Å². The van der Waals surface area contributed by atoms with E-state index in [1.807, 2.05) is 18.2 Å². The maximum absolute atomic E-state index is 12.7. The van der Waals surface area contributed by atoms with E-state index in [0.29, 0.717) is 32.1 Å². The van der Waals surface area contributed by atoms with Crippen molar-refractivity contribution in [3.63, 3.8) is 0 Å². The van der Waals surface area contributed by atoms with Gasteiger partial charge in [-0.2, -0.15) is 0 Å². The molecule has 0 saturated heterocycles. The molecule has 0 aromatic carbocycles. The summed E-state index contributed by atoms with van der Waals surface area (Å²) in [6.45, 7) is 1.40. The van der Waals surface area contributed by atoms with Crippen LogP contribution in [0.1, 0.15) is 142 Å². The molecule has 1 aliphatic rings. The highest BCUT2D eigenvalue weighted by Crippen LogP contribution is 2.44. The van der Waals surface area contributed by atoms with E-state index in [0.717, 1.165) is 57.8 Å². The number of esters is 2. The lowest BCUT2D eigenvalue weighted by molar-refractivity contribution is -0.161. The van der Waals surface area contributed by atoms with Gasteiger partial charge in [0.15, 0.2) is 11.9 Å². The third-order valence-corrected chi connectivity index (χ3v) is 10.9. The SMILES string of the molecule is CCCCCC/C=C\CCCCCCCC(=O)O[C@H](COC(=O)CCC/C=C\C[C@H]1C=CC(=O)[C@@H]1/C=C/[C@@H](O)CCCCC)COP(=O)(O)OC[C@@H](O)COP(=O)(O)O. The van der Waals surface area contributed by atoms with Crippen molar-refractivity contribution < 1.29 is 71.5 Å². The Kier molecular flexibility index (Phi) is 30.9. The van der Waals surface area contributed by atoms with Crippen molar-refractivity contribution in [3.8, 4) is 0 Å². The predicted molar refractivity (Wildman–Crippen MR) is 225 cm³/mol. The van der Waals surface area contributed by atoms with Crippen LogP contribution in [0.3, 0.4) is 0 Å². The van der Waals surface area contributed by atoms with Gasteiger partial charge in [-0.1, -0.05) is 114 Å². The first-order valence-electron chi connectivity index (χ1n) is 21.4. The van der Waals surface area contributed by atoms with E-state index in [9.17, 15) is 38.6 Å². The largest absolute Gasteiger partial charge is 0.472 e. The van der Waals surface area contributed by atoms with Gasteiger partial charge in [0, 0.05) is 18.8 Å². The first-order chi connectivity index (χ1) is 28.2. The highest BCUT2D eigenvalue weighted by atomic mass is 31.2. The van der Waals surface area contributed by atoms with Gasteiger partial charge in [0.1, 0.15) is 12.7 Å². The number of rotatable bonds is 37. The molecule has 0 amide bonds. The monoisotopic (exact) mass is 878 g/mol. The maximum Gasteiger partial charge on any atom is 0.472 e. The third kappa shape index (κ3) is 31.3. The second-order valence-electron chi connectivity index (χ2n) is 14.9. The van der Waals surface area contributed by atoms with Crippen LogP contribution in [0, 0.1) is 11.8 Å². The zero-order valence-corrected chi connectivity index (χ0v) is 37.0. The average molecular weight is 879 g/mol. The number of hydrogen-bond donors (Lipinski definition) is 5. The molecule has 0 aromatic rings. The van der Waals surface area contributed by atoms with Crippen LogP contribution in [-0.4, -0.2) is 87.4 Å². The van der Waals surface area contributed by atoms with Crippen molar-refractivity contribution in [2.45, 2.75) is 161 Å². The van der Waals surface area contributed by atoms with E-state index in [1.54, 1.807) is 18.2 Å². The van der Waals surface area contributed by atoms with Crippen LogP contribution in [-0.2, 0) is 46.6 Å². The van der Waals surface area contributed by atoms with Crippen LogP contribution >= 0.6 is 15.6 Å². The summed E-state index contributed by atoms with van der Waals surface area (Å²) in [5.41, 5.74) is 0. The molecule has 0 bridgehead atoms. The van der Waals surface area contributed by atoms with Crippen LogP contribution < -0.4 is 0 Å². The first kappa shape index (κ1) is 54.7. The van der Waals surface area contributed by atoms with Gasteiger partial charge in [-0.05, 0) is 69.8 Å². The van der Waals surface area contributed by atoms with E-state index in [2.05, 4.69) is 35.0 Å².